The SMILES string of the molecule is CCNC(=O)C(C)(C)CNc1ccc(F)cc1[N+](=O)[O-]. The molecule has 1 aromatic rings. The van der Waals surface area contributed by atoms with Gasteiger partial charge >= 0.3 is 0 Å². The fraction of sp³-hybridized carbons (Fsp3) is 0.462. The minimum absolute atomic E-state index is 0.155. The number of carbonyl (C=O) groups excluding carboxylic acids is 1. The molecule has 0 aromatic heterocycles. The van der Waals surface area contributed by atoms with E-state index in [1.165, 1.54) is 6.07 Å². The molecule has 0 fully saturated rings. The average Bonchev–Trinajstić information content (AvgIpc) is 2.37. The van der Waals surface area contributed by atoms with E-state index < -0.39 is 16.2 Å². The number of nitro benzene ring substituents is 1. The van der Waals surface area contributed by atoms with Gasteiger partial charge < -0.3 is 10.6 Å². The zero-order valence-corrected chi connectivity index (χ0v) is 11.7. The van der Waals surface area contributed by atoms with Crippen LogP contribution in [-0.4, -0.2) is 23.9 Å². The van der Waals surface area contributed by atoms with E-state index in [2.05, 4.69) is 10.6 Å². The molecule has 7 heteroatoms. The Morgan fingerprint density at radius 1 is 1.45 bits per heavy atom. The smallest absolute Gasteiger partial charge is 0.295 e. The molecular weight excluding hydrogens is 265 g/mol. The zero-order chi connectivity index (χ0) is 15.3. The first-order valence-electron chi connectivity index (χ1n) is 6.24. The van der Waals surface area contributed by atoms with Gasteiger partial charge in [-0.15, -0.1) is 0 Å². The Bertz CT molecular complexity index is 518. The highest BCUT2D eigenvalue weighted by Crippen LogP contribution is 2.26. The number of hydrogen-bond donors (Lipinski definition) is 2. The molecular formula is C13H18FN3O3. The Morgan fingerprint density at radius 2 is 2.10 bits per heavy atom. The van der Waals surface area contributed by atoms with Crippen LogP contribution >= 0.6 is 0 Å². The summed E-state index contributed by atoms with van der Waals surface area (Å²) in [5.41, 5.74) is -0.899. The average molecular weight is 283 g/mol. The molecule has 0 aliphatic carbocycles. The van der Waals surface area contributed by atoms with Crippen molar-refractivity contribution in [3.05, 3.63) is 34.1 Å². The Morgan fingerprint density at radius 3 is 2.65 bits per heavy atom. The second kappa shape index (κ2) is 6.31. The number of rotatable bonds is 6. The Balaban J connectivity index is 2.84. The highest BCUT2D eigenvalue weighted by atomic mass is 19.1. The number of benzene rings is 1. The van der Waals surface area contributed by atoms with Crippen molar-refractivity contribution >= 4 is 17.3 Å². The highest BCUT2D eigenvalue weighted by molar-refractivity contribution is 5.82. The Hall–Kier alpha value is -2.18. The number of amides is 1. The number of hydrogen-bond acceptors (Lipinski definition) is 4. The summed E-state index contributed by atoms with van der Waals surface area (Å²) in [5.74, 6) is -0.831. The molecule has 0 bridgehead atoms. The van der Waals surface area contributed by atoms with Crippen molar-refractivity contribution in [2.45, 2.75) is 20.8 Å². The molecule has 110 valence electrons. The van der Waals surface area contributed by atoms with Crippen LogP contribution in [0.2, 0.25) is 0 Å². The van der Waals surface area contributed by atoms with Crippen LogP contribution in [0.25, 0.3) is 0 Å². The standard InChI is InChI=1S/C13H18FN3O3/c1-4-15-12(18)13(2,3)8-16-10-6-5-9(14)7-11(10)17(19)20/h5-7,16H,4,8H2,1-3H3,(H,15,18). The molecule has 0 saturated carbocycles. The number of carbonyl (C=O) groups is 1. The lowest BCUT2D eigenvalue weighted by molar-refractivity contribution is -0.384. The van der Waals surface area contributed by atoms with E-state index >= 15 is 0 Å². The van der Waals surface area contributed by atoms with Crippen molar-refractivity contribution in [2.24, 2.45) is 5.41 Å². The van der Waals surface area contributed by atoms with Crippen LogP contribution < -0.4 is 10.6 Å². The molecule has 0 radical (unpaired) electrons. The van der Waals surface area contributed by atoms with Gasteiger partial charge in [-0.2, -0.15) is 0 Å². The van der Waals surface area contributed by atoms with Gasteiger partial charge in [0.25, 0.3) is 5.69 Å². The van der Waals surface area contributed by atoms with Gasteiger partial charge in [-0.05, 0) is 32.9 Å². The zero-order valence-electron chi connectivity index (χ0n) is 11.7. The molecule has 0 aliphatic heterocycles. The first kappa shape index (κ1) is 15.9. The van der Waals surface area contributed by atoms with Crippen molar-refractivity contribution in [1.82, 2.24) is 5.32 Å². The highest BCUT2D eigenvalue weighted by Gasteiger charge is 2.27. The summed E-state index contributed by atoms with van der Waals surface area (Å²) >= 11 is 0. The third-order valence-corrected chi connectivity index (χ3v) is 2.83. The van der Waals surface area contributed by atoms with Gasteiger partial charge in [0.2, 0.25) is 5.91 Å². The summed E-state index contributed by atoms with van der Waals surface area (Å²) in [7, 11) is 0. The van der Waals surface area contributed by atoms with Gasteiger partial charge in [0.05, 0.1) is 16.4 Å². The quantitative estimate of drug-likeness (QED) is 0.619. The van der Waals surface area contributed by atoms with Crippen LogP contribution in [0, 0.1) is 21.3 Å². The van der Waals surface area contributed by atoms with Gasteiger partial charge in [-0.25, -0.2) is 4.39 Å². The van der Waals surface area contributed by atoms with Crippen LogP contribution in [0.5, 0.6) is 0 Å². The van der Waals surface area contributed by atoms with Crippen molar-refractivity contribution in [3.63, 3.8) is 0 Å². The summed E-state index contributed by atoms with van der Waals surface area (Å²) in [6.45, 7) is 5.97. The molecule has 0 atom stereocenters. The predicted octanol–water partition coefficient (Wildman–Crippen LogP) is 2.31. The number of anilines is 1. The third kappa shape index (κ3) is 3.91. The largest absolute Gasteiger partial charge is 0.378 e. The lowest BCUT2D eigenvalue weighted by Gasteiger charge is -2.24. The second-order valence-corrected chi connectivity index (χ2v) is 5.02. The van der Waals surface area contributed by atoms with Crippen molar-refractivity contribution in [2.75, 3.05) is 18.4 Å². The first-order chi connectivity index (χ1) is 9.27. The predicted molar refractivity (Wildman–Crippen MR) is 74.0 cm³/mol. The Kier molecular flexibility index (Phi) is 5.01. The maximum Gasteiger partial charge on any atom is 0.295 e. The van der Waals surface area contributed by atoms with Crippen LogP contribution in [-0.2, 0) is 4.79 Å². The van der Waals surface area contributed by atoms with Gasteiger partial charge in [0.1, 0.15) is 11.5 Å². The number of nitrogens with one attached hydrogen (secondary N) is 2. The monoisotopic (exact) mass is 283 g/mol. The van der Waals surface area contributed by atoms with E-state index in [9.17, 15) is 19.3 Å². The normalized spacial score (nSPS) is 11.0. The number of nitrogens with zero attached hydrogens (tertiary/aromatic N) is 1. The summed E-state index contributed by atoms with van der Waals surface area (Å²) < 4.78 is 13.0. The minimum atomic E-state index is -0.738. The van der Waals surface area contributed by atoms with E-state index in [1.807, 2.05) is 6.92 Å². The van der Waals surface area contributed by atoms with Gasteiger partial charge in [-0.3, -0.25) is 14.9 Å². The molecule has 0 saturated heterocycles. The Labute approximate surface area is 116 Å². The fourth-order valence-electron chi connectivity index (χ4n) is 1.60. The van der Waals surface area contributed by atoms with E-state index in [0.29, 0.717) is 6.54 Å². The summed E-state index contributed by atoms with van der Waals surface area (Å²) in [5, 5.41) is 16.4. The molecule has 0 heterocycles. The molecule has 6 nitrogen and oxygen atoms in total. The van der Waals surface area contributed by atoms with Crippen LogP contribution in [0.1, 0.15) is 20.8 Å². The summed E-state index contributed by atoms with van der Waals surface area (Å²) in [6, 6.07) is 3.27. The van der Waals surface area contributed by atoms with E-state index in [1.54, 1.807) is 13.8 Å². The van der Waals surface area contributed by atoms with Gasteiger partial charge in [0.15, 0.2) is 0 Å². The maximum atomic E-state index is 13.0. The minimum Gasteiger partial charge on any atom is -0.378 e. The second-order valence-electron chi connectivity index (χ2n) is 5.02. The molecule has 0 spiro atoms. The number of halogens is 1. The van der Waals surface area contributed by atoms with Crippen molar-refractivity contribution in [3.8, 4) is 0 Å². The van der Waals surface area contributed by atoms with E-state index in [0.717, 1.165) is 12.1 Å². The molecule has 0 unspecified atom stereocenters. The lowest BCUT2D eigenvalue weighted by Crippen LogP contribution is -2.41. The van der Waals surface area contributed by atoms with Crippen molar-refractivity contribution < 1.29 is 14.1 Å². The van der Waals surface area contributed by atoms with Crippen LogP contribution in [0.4, 0.5) is 15.8 Å². The van der Waals surface area contributed by atoms with Crippen molar-refractivity contribution in [1.29, 1.82) is 0 Å². The van der Waals surface area contributed by atoms with E-state index in [-0.39, 0.29) is 23.8 Å². The van der Waals surface area contributed by atoms with E-state index in [4.69, 9.17) is 0 Å². The first-order valence-corrected chi connectivity index (χ1v) is 6.24. The molecule has 0 aliphatic rings. The summed E-state index contributed by atoms with van der Waals surface area (Å²) in [4.78, 5) is 22.0. The molecule has 20 heavy (non-hydrogen) atoms. The molecule has 1 amide bonds. The number of nitro groups is 1. The third-order valence-electron chi connectivity index (χ3n) is 2.83. The molecule has 1 aromatic carbocycles. The van der Waals surface area contributed by atoms with Crippen LogP contribution in [0.15, 0.2) is 18.2 Å². The van der Waals surface area contributed by atoms with Gasteiger partial charge in [0, 0.05) is 13.1 Å². The fourth-order valence-corrected chi connectivity index (χ4v) is 1.60. The topological polar surface area (TPSA) is 84.3 Å². The van der Waals surface area contributed by atoms with Gasteiger partial charge in [-0.1, -0.05) is 0 Å². The van der Waals surface area contributed by atoms with Crippen LogP contribution in [0.3, 0.4) is 0 Å². The lowest BCUT2D eigenvalue weighted by atomic mass is 9.92. The molecule has 1 rings (SSSR count). The molecule has 2 N–H and O–H groups in total. The summed E-state index contributed by atoms with van der Waals surface area (Å²) in [6.07, 6.45) is 0. The maximum absolute atomic E-state index is 13.0.